The first kappa shape index (κ1) is 21.9. The van der Waals surface area contributed by atoms with Gasteiger partial charge in [0.25, 0.3) is 10.0 Å². The van der Waals surface area contributed by atoms with E-state index in [9.17, 15) is 17.6 Å². The summed E-state index contributed by atoms with van der Waals surface area (Å²) in [7, 11) is -4.12. The van der Waals surface area contributed by atoms with Gasteiger partial charge < -0.3 is 5.32 Å². The summed E-state index contributed by atoms with van der Waals surface area (Å²) in [6.07, 6.45) is 0. The minimum atomic E-state index is -4.12. The summed E-state index contributed by atoms with van der Waals surface area (Å²) in [6, 6.07) is 22.9. The number of para-hydroxylation sites is 1. The average Bonchev–Trinajstić information content (AvgIpc) is 2.77. The predicted octanol–water partition coefficient (Wildman–Crippen LogP) is 3.93. The number of sulfonamides is 1. The summed E-state index contributed by atoms with van der Waals surface area (Å²) < 4.78 is 41.4. The quantitative estimate of drug-likeness (QED) is 0.401. The van der Waals surface area contributed by atoms with Crippen LogP contribution in [0.25, 0.3) is 0 Å². The maximum atomic E-state index is 14.4. The van der Waals surface area contributed by atoms with Crippen molar-refractivity contribution in [3.8, 4) is 0 Å². The van der Waals surface area contributed by atoms with Gasteiger partial charge in [0.05, 0.1) is 10.6 Å². The Morgan fingerprint density at radius 2 is 1.50 bits per heavy atom. The maximum absolute atomic E-state index is 14.4. The molecule has 0 fully saturated rings. The van der Waals surface area contributed by atoms with Gasteiger partial charge in [-0.05, 0) is 36.4 Å². The molecular weight excluding hydrogens is 423 g/mol. The lowest BCUT2D eigenvalue weighted by atomic mass is 10.3. The molecule has 0 aromatic heterocycles. The van der Waals surface area contributed by atoms with Gasteiger partial charge in [-0.3, -0.25) is 9.10 Å². The lowest BCUT2D eigenvalue weighted by molar-refractivity contribution is -0.119. The molecule has 3 aromatic carbocycles. The minimum absolute atomic E-state index is 0.0133. The minimum Gasteiger partial charge on any atom is -0.354 e. The zero-order valence-corrected chi connectivity index (χ0v) is 17.7. The Bertz CT molecular complexity index is 1080. The van der Waals surface area contributed by atoms with E-state index in [0.717, 1.165) is 15.3 Å². The van der Waals surface area contributed by atoms with E-state index in [1.807, 2.05) is 30.3 Å². The van der Waals surface area contributed by atoms with Crippen molar-refractivity contribution < 1.29 is 17.6 Å². The van der Waals surface area contributed by atoms with E-state index >= 15 is 0 Å². The summed E-state index contributed by atoms with van der Waals surface area (Å²) in [5.41, 5.74) is -0.171. The van der Waals surface area contributed by atoms with Crippen LogP contribution in [0.4, 0.5) is 10.1 Å². The summed E-state index contributed by atoms with van der Waals surface area (Å²) in [5, 5.41) is 2.71. The molecule has 1 amide bonds. The van der Waals surface area contributed by atoms with Crippen LogP contribution in [-0.4, -0.2) is 33.2 Å². The smallest absolute Gasteiger partial charge is 0.264 e. The SMILES string of the molecule is O=C(CN(c1ccccc1F)S(=O)(=O)c1ccccc1)NCCSc1ccccc1. The van der Waals surface area contributed by atoms with Crippen molar-refractivity contribution in [2.75, 3.05) is 23.1 Å². The van der Waals surface area contributed by atoms with Crippen molar-refractivity contribution in [2.45, 2.75) is 9.79 Å². The molecule has 0 bridgehead atoms. The molecule has 5 nitrogen and oxygen atoms in total. The van der Waals surface area contributed by atoms with Crippen molar-refractivity contribution in [1.29, 1.82) is 0 Å². The van der Waals surface area contributed by atoms with Crippen molar-refractivity contribution >= 4 is 33.4 Å². The van der Waals surface area contributed by atoms with E-state index in [1.165, 1.54) is 30.3 Å². The molecule has 156 valence electrons. The van der Waals surface area contributed by atoms with Crippen molar-refractivity contribution in [3.63, 3.8) is 0 Å². The third kappa shape index (κ3) is 5.61. The van der Waals surface area contributed by atoms with Gasteiger partial charge in [0.2, 0.25) is 5.91 Å². The number of rotatable bonds is 9. The molecule has 0 saturated carbocycles. The second kappa shape index (κ2) is 10.3. The highest BCUT2D eigenvalue weighted by Gasteiger charge is 2.28. The zero-order valence-electron chi connectivity index (χ0n) is 16.1. The van der Waals surface area contributed by atoms with E-state index in [0.29, 0.717) is 12.3 Å². The highest BCUT2D eigenvalue weighted by Crippen LogP contribution is 2.26. The molecular formula is C22H21FN2O3S2. The zero-order chi connectivity index (χ0) is 21.4. The van der Waals surface area contributed by atoms with Crippen LogP contribution >= 0.6 is 11.8 Å². The Hall–Kier alpha value is -2.84. The normalized spacial score (nSPS) is 11.1. The first-order valence-electron chi connectivity index (χ1n) is 9.25. The molecule has 0 saturated heterocycles. The molecule has 0 aliphatic rings. The van der Waals surface area contributed by atoms with Crippen molar-refractivity contribution in [3.05, 3.63) is 90.7 Å². The number of amides is 1. The highest BCUT2D eigenvalue weighted by atomic mass is 32.2. The van der Waals surface area contributed by atoms with Gasteiger partial charge in [-0.25, -0.2) is 12.8 Å². The topological polar surface area (TPSA) is 66.5 Å². The van der Waals surface area contributed by atoms with Crippen LogP contribution in [-0.2, 0) is 14.8 Å². The molecule has 0 radical (unpaired) electrons. The van der Waals surface area contributed by atoms with E-state index in [1.54, 1.807) is 30.0 Å². The van der Waals surface area contributed by atoms with Gasteiger partial charge in [-0.15, -0.1) is 11.8 Å². The van der Waals surface area contributed by atoms with Gasteiger partial charge in [0, 0.05) is 17.2 Å². The summed E-state index contributed by atoms with van der Waals surface area (Å²) >= 11 is 1.58. The van der Waals surface area contributed by atoms with Crippen LogP contribution in [0, 0.1) is 5.82 Å². The highest BCUT2D eigenvalue weighted by molar-refractivity contribution is 7.99. The van der Waals surface area contributed by atoms with Gasteiger partial charge in [-0.2, -0.15) is 0 Å². The molecule has 0 aliphatic heterocycles. The van der Waals surface area contributed by atoms with Gasteiger partial charge in [-0.1, -0.05) is 48.5 Å². The van der Waals surface area contributed by atoms with Gasteiger partial charge in [0.1, 0.15) is 12.4 Å². The standard InChI is InChI=1S/C22H21FN2O3S2/c23-20-13-7-8-14-21(20)25(30(27,28)19-11-5-2-6-12-19)17-22(26)24-15-16-29-18-9-3-1-4-10-18/h1-14H,15-17H2,(H,24,26). The molecule has 3 rings (SSSR count). The number of nitrogens with zero attached hydrogens (tertiary/aromatic N) is 1. The fraction of sp³-hybridized carbons (Fsp3) is 0.136. The number of nitrogens with one attached hydrogen (secondary N) is 1. The fourth-order valence-electron chi connectivity index (χ4n) is 2.74. The largest absolute Gasteiger partial charge is 0.354 e. The number of thioether (sulfide) groups is 1. The number of benzene rings is 3. The second-order valence-electron chi connectivity index (χ2n) is 6.29. The molecule has 3 aromatic rings. The Kier molecular flexibility index (Phi) is 7.48. The van der Waals surface area contributed by atoms with Crippen LogP contribution in [0.15, 0.2) is 94.7 Å². The number of carbonyl (C=O) groups excluding carboxylic acids is 1. The Morgan fingerprint density at radius 3 is 2.17 bits per heavy atom. The van der Waals surface area contributed by atoms with Crippen LogP contribution in [0.3, 0.4) is 0 Å². The van der Waals surface area contributed by atoms with E-state index in [-0.39, 0.29) is 10.6 Å². The second-order valence-corrected chi connectivity index (χ2v) is 9.32. The Labute approximate surface area is 180 Å². The fourth-order valence-corrected chi connectivity index (χ4v) is 4.97. The Morgan fingerprint density at radius 1 is 0.900 bits per heavy atom. The van der Waals surface area contributed by atoms with Gasteiger partial charge >= 0.3 is 0 Å². The van der Waals surface area contributed by atoms with Crippen LogP contribution in [0.5, 0.6) is 0 Å². The summed E-state index contributed by atoms with van der Waals surface area (Å²) in [5.74, 6) is -0.600. The van der Waals surface area contributed by atoms with E-state index in [4.69, 9.17) is 0 Å². The Balaban J connectivity index is 1.71. The van der Waals surface area contributed by atoms with Crippen LogP contribution in [0.2, 0.25) is 0 Å². The number of carbonyl (C=O) groups is 1. The third-order valence-electron chi connectivity index (χ3n) is 4.18. The number of halogens is 1. The van der Waals surface area contributed by atoms with E-state index in [2.05, 4.69) is 5.32 Å². The van der Waals surface area contributed by atoms with Crippen LogP contribution < -0.4 is 9.62 Å². The van der Waals surface area contributed by atoms with Crippen molar-refractivity contribution in [2.24, 2.45) is 0 Å². The van der Waals surface area contributed by atoms with Gasteiger partial charge in [0.15, 0.2) is 0 Å². The summed E-state index contributed by atoms with van der Waals surface area (Å²) in [6.45, 7) is -0.164. The molecule has 30 heavy (non-hydrogen) atoms. The van der Waals surface area contributed by atoms with Crippen molar-refractivity contribution in [1.82, 2.24) is 5.32 Å². The number of hydrogen-bond acceptors (Lipinski definition) is 4. The monoisotopic (exact) mass is 444 g/mol. The molecule has 0 spiro atoms. The first-order chi connectivity index (χ1) is 14.5. The predicted molar refractivity (Wildman–Crippen MR) is 118 cm³/mol. The molecule has 0 heterocycles. The van der Waals surface area contributed by atoms with Crippen LogP contribution in [0.1, 0.15) is 0 Å². The maximum Gasteiger partial charge on any atom is 0.264 e. The lowest BCUT2D eigenvalue weighted by Gasteiger charge is -2.24. The molecule has 0 atom stereocenters. The molecule has 1 N–H and O–H groups in total. The number of anilines is 1. The molecule has 0 aliphatic carbocycles. The third-order valence-corrected chi connectivity index (χ3v) is 6.96. The lowest BCUT2D eigenvalue weighted by Crippen LogP contribution is -2.41. The molecule has 8 heteroatoms. The van der Waals surface area contributed by atoms with E-state index < -0.39 is 28.3 Å². The number of hydrogen-bond donors (Lipinski definition) is 1. The molecule has 0 unspecified atom stereocenters. The summed E-state index contributed by atoms with van der Waals surface area (Å²) in [4.78, 5) is 13.5. The first-order valence-corrected chi connectivity index (χ1v) is 11.7. The average molecular weight is 445 g/mol.